The van der Waals surface area contributed by atoms with Crippen molar-refractivity contribution in [3.63, 3.8) is 0 Å². The van der Waals surface area contributed by atoms with Gasteiger partial charge in [0.25, 0.3) is 5.56 Å². The molecule has 2 rings (SSSR count). The van der Waals surface area contributed by atoms with Crippen molar-refractivity contribution in [2.24, 2.45) is 0 Å². The van der Waals surface area contributed by atoms with Crippen molar-refractivity contribution in [1.29, 1.82) is 0 Å². The molecule has 2 aromatic rings. The molecule has 1 aromatic carbocycles. The molecule has 0 atom stereocenters. The summed E-state index contributed by atoms with van der Waals surface area (Å²) in [4.78, 5) is 26.8. The van der Waals surface area contributed by atoms with E-state index in [1.807, 2.05) is 56.3 Å². The predicted octanol–water partition coefficient (Wildman–Crippen LogP) is 2.24. The average Bonchev–Trinajstić information content (AvgIpc) is 2.55. The lowest BCUT2D eigenvalue weighted by molar-refractivity contribution is 0.0822. The van der Waals surface area contributed by atoms with Crippen molar-refractivity contribution < 1.29 is 4.74 Å². The van der Waals surface area contributed by atoms with Gasteiger partial charge in [-0.05, 0) is 25.8 Å². The van der Waals surface area contributed by atoms with E-state index in [-0.39, 0.29) is 12.3 Å². The Labute approximate surface area is 135 Å². The molecule has 1 N–H and O–H groups in total. The number of hydrogen-bond acceptors (Lipinski definition) is 3. The highest BCUT2D eigenvalue weighted by Crippen LogP contribution is 2.12. The van der Waals surface area contributed by atoms with Crippen molar-refractivity contribution in [3.8, 4) is 0 Å². The molecular weight excluding hydrogens is 292 g/mol. The minimum atomic E-state index is -0.432. The first kappa shape index (κ1) is 17.0. The lowest BCUT2D eigenvalue weighted by Gasteiger charge is -2.15. The number of nitrogens with zero attached hydrogens (tertiary/aromatic N) is 1. The van der Waals surface area contributed by atoms with E-state index < -0.39 is 5.69 Å². The quantitative estimate of drug-likeness (QED) is 0.797. The lowest BCUT2D eigenvalue weighted by atomic mass is 10.0. The molecule has 0 spiro atoms. The number of hydrogen-bond donors (Lipinski definition) is 1. The fraction of sp³-hybridized carbons (Fsp3) is 0.333. The van der Waals surface area contributed by atoms with Gasteiger partial charge in [0, 0.05) is 24.3 Å². The maximum Gasteiger partial charge on any atom is 0.330 e. The van der Waals surface area contributed by atoms with Gasteiger partial charge < -0.3 is 4.74 Å². The van der Waals surface area contributed by atoms with Crippen LogP contribution >= 0.6 is 0 Å². The fourth-order valence-electron chi connectivity index (χ4n) is 2.41. The van der Waals surface area contributed by atoms with Gasteiger partial charge in [-0.1, -0.05) is 42.5 Å². The Hall–Kier alpha value is -2.40. The number of benzene rings is 1. The van der Waals surface area contributed by atoms with E-state index in [2.05, 4.69) is 4.98 Å². The third-order valence-corrected chi connectivity index (χ3v) is 3.61. The standard InChI is InChI=1S/C18H22N2O3/c1-3-5-11-15-16(12-14-9-7-6-8-10-14)20(13-23-4-2)18(22)19-17(15)21/h3,5-10H,4,11-13H2,1-2H3,(H,19,21,22)/b5-3+. The van der Waals surface area contributed by atoms with Gasteiger partial charge in [-0.15, -0.1) is 0 Å². The summed E-state index contributed by atoms with van der Waals surface area (Å²) in [6.45, 7) is 4.41. The number of ether oxygens (including phenoxy) is 1. The Morgan fingerprint density at radius 2 is 1.96 bits per heavy atom. The second-order valence-corrected chi connectivity index (χ2v) is 5.17. The van der Waals surface area contributed by atoms with E-state index in [1.165, 1.54) is 4.57 Å². The summed E-state index contributed by atoms with van der Waals surface area (Å²) in [7, 11) is 0. The minimum absolute atomic E-state index is 0.136. The van der Waals surface area contributed by atoms with Crippen LogP contribution in [0.25, 0.3) is 0 Å². The maximum atomic E-state index is 12.2. The molecule has 0 bridgehead atoms. The molecule has 1 heterocycles. The summed E-state index contributed by atoms with van der Waals surface area (Å²) in [6, 6.07) is 9.79. The monoisotopic (exact) mass is 314 g/mol. The predicted molar refractivity (Wildman–Crippen MR) is 90.7 cm³/mol. The zero-order valence-corrected chi connectivity index (χ0v) is 13.5. The van der Waals surface area contributed by atoms with Gasteiger partial charge in [0.2, 0.25) is 0 Å². The van der Waals surface area contributed by atoms with Crippen LogP contribution in [-0.4, -0.2) is 16.2 Å². The summed E-state index contributed by atoms with van der Waals surface area (Å²) < 4.78 is 6.91. The van der Waals surface area contributed by atoms with E-state index in [1.54, 1.807) is 0 Å². The van der Waals surface area contributed by atoms with Crippen LogP contribution in [0.4, 0.5) is 0 Å². The second kappa shape index (κ2) is 8.29. The lowest BCUT2D eigenvalue weighted by Crippen LogP contribution is -2.36. The molecule has 0 unspecified atom stereocenters. The summed E-state index contributed by atoms with van der Waals surface area (Å²) in [5, 5.41) is 0. The molecule has 23 heavy (non-hydrogen) atoms. The fourth-order valence-corrected chi connectivity index (χ4v) is 2.41. The molecule has 0 saturated heterocycles. The Bertz CT molecular complexity index is 773. The van der Waals surface area contributed by atoms with E-state index >= 15 is 0 Å². The molecule has 0 aliphatic heterocycles. The number of allylic oxidation sites excluding steroid dienone is 2. The molecular formula is C18H22N2O3. The van der Waals surface area contributed by atoms with Crippen LogP contribution in [0.3, 0.4) is 0 Å². The second-order valence-electron chi connectivity index (χ2n) is 5.17. The maximum absolute atomic E-state index is 12.2. The SMILES string of the molecule is C/C=C/Cc1c(Cc2ccccc2)n(COCC)c(=O)[nH]c1=O. The van der Waals surface area contributed by atoms with Crippen molar-refractivity contribution in [2.45, 2.75) is 33.4 Å². The van der Waals surface area contributed by atoms with Crippen LogP contribution in [-0.2, 0) is 24.3 Å². The molecule has 0 aliphatic rings. The smallest absolute Gasteiger partial charge is 0.330 e. The van der Waals surface area contributed by atoms with Gasteiger partial charge in [0.1, 0.15) is 6.73 Å². The summed E-state index contributed by atoms with van der Waals surface area (Å²) in [6.07, 6.45) is 4.80. The number of aromatic amines is 1. The van der Waals surface area contributed by atoms with Gasteiger partial charge in [-0.3, -0.25) is 14.3 Å². The third-order valence-electron chi connectivity index (χ3n) is 3.61. The number of nitrogens with one attached hydrogen (secondary N) is 1. The van der Waals surface area contributed by atoms with Crippen LogP contribution in [0.2, 0.25) is 0 Å². The first-order valence-corrected chi connectivity index (χ1v) is 7.75. The summed E-state index contributed by atoms with van der Waals surface area (Å²) >= 11 is 0. The summed E-state index contributed by atoms with van der Waals surface area (Å²) in [5.41, 5.74) is 1.60. The van der Waals surface area contributed by atoms with E-state index in [0.29, 0.717) is 30.7 Å². The Balaban J connectivity index is 2.56. The van der Waals surface area contributed by atoms with E-state index in [0.717, 1.165) is 5.56 Å². The number of aromatic nitrogens is 2. The first-order chi connectivity index (χ1) is 11.2. The van der Waals surface area contributed by atoms with Crippen molar-refractivity contribution >= 4 is 0 Å². The Kier molecular flexibility index (Phi) is 6.11. The van der Waals surface area contributed by atoms with Crippen LogP contribution in [0, 0.1) is 0 Å². The van der Waals surface area contributed by atoms with Crippen LogP contribution < -0.4 is 11.2 Å². The van der Waals surface area contributed by atoms with Gasteiger partial charge in [-0.2, -0.15) is 0 Å². The normalized spacial score (nSPS) is 11.2. The van der Waals surface area contributed by atoms with Crippen molar-refractivity contribution in [1.82, 2.24) is 9.55 Å². The minimum Gasteiger partial charge on any atom is -0.361 e. The third kappa shape index (κ3) is 4.29. The Morgan fingerprint density at radius 1 is 1.22 bits per heavy atom. The molecule has 0 radical (unpaired) electrons. The van der Waals surface area contributed by atoms with Gasteiger partial charge in [0.05, 0.1) is 0 Å². The molecule has 1 aromatic heterocycles. The van der Waals surface area contributed by atoms with E-state index in [4.69, 9.17) is 4.74 Å². The first-order valence-electron chi connectivity index (χ1n) is 7.75. The largest absolute Gasteiger partial charge is 0.361 e. The molecule has 5 heteroatoms. The molecule has 0 fully saturated rings. The highest BCUT2D eigenvalue weighted by atomic mass is 16.5. The highest BCUT2D eigenvalue weighted by Gasteiger charge is 2.14. The van der Waals surface area contributed by atoms with Crippen molar-refractivity contribution in [3.05, 3.63) is 80.1 Å². The average molecular weight is 314 g/mol. The van der Waals surface area contributed by atoms with Crippen LogP contribution in [0.5, 0.6) is 0 Å². The van der Waals surface area contributed by atoms with Gasteiger partial charge >= 0.3 is 5.69 Å². The van der Waals surface area contributed by atoms with Crippen LogP contribution in [0.15, 0.2) is 52.1 Å². The number of H-pyrrole nitrogens is 1. The number of rotatable bonds is 7. The Morgan fingerprint density at radius 3 is 2.61 bits per heavy atom. The van der Waals surface area contributed by atoms with Crippen molar-refractivity contribution in [2.75, 3.05) is 6.61 Å². The topological polar surface area (TPSA) is 64.1 Å². The van der Waals surface area contributed by atoms with Gasteiger partial charge in [-0.25, -0.2) is 4.79 Å². The van der Waals surface area contributed by atoms with Crippen LogP contribution in [0.1, 0.15) is 30.7 Å². The van der Waals surface area contributed by atoms with Gasteiger partial charge in [0.15, 0.2) is 0 Å². The zero-order chi connectivity index (χ0) is 16.7. The van der Waals surface area contributed by atoms with E-state index in [9.17, 15) is 9.59 Å². The molecule has 0 amide bonds. The zero-order valence-electron chi connectivity index (χ0n) is 13.5. The molecule has 0 aliphatic carbocycles. The molecule has 0 saturated carbocycles. The summed E-state index contributed by atoms with van der Waals surface area (Å²) in [5.74, 6) is 0. The molecule has 5 nitrogen and oxygen atoms in total. The molecule has 122 valence electrons. The highest BCUT2D eigenvalue weighted by molar-refractivity contribution is 5.28.